The SMILES string of the molecule is Nc1ncc(Br)cc1-c1cc2c(cn1)C(=O)NCC2. The zero-order valence-corrected chi connectivity index (χ0v) is 11.6. The van der Waals surface area contributed by atoms with E-state index >= 15 is 0 Å². The van der Waals surface area contributed by atoms with Crippen LogP contribution >= 0.6 is 15.9 Å². The monoisotopic (exact) mass is 318 g/mol. The second kappa shape index (κ2) is 4.62. The molecule has 2 aromatic heterocycles. The first-order valence-electron chi connectivity index (χ1n) is 5.83. The number of nitrogens with two attached hydrogens (primary N) is 1. The maximum absolute atomic E-state index is 11.7. The molecule has 19 heavy (non-hydrogen) atoms. The number of nitrogen functional groups attached to an aromatic ring is 1. The lowest BCUT2D eigenvalue weighted by molar-refractivity contribution is 0.0945. The minimum absolute atomic E-state index is 0.0689. The smallest absolute Gasteiger partial charge is 0.253 e. The van der Waals surface area contributed by atoms with Gasteiger partial charge in [0.1, 0.15) is 5.82 Å². The first kappa shape index (κ1) is 12.1. The van der Waals surface area contributed by atoms with E-state index in [0.717, 1.165) is 27.7 Å². The number of anilines is 1. The van der Waals surface area contributed by atoms with Crippen molar-refractivity contribution < 1.29 is 4.79 Å². The van der Waals surface area contributed by atoms with Crippen molar-refractivity contribution in [3.8, 4) is 11.3 Å². The van der Waals surface area contributed by atoms with Crippen LogP contribution in [0.15, 0.2) is 29.0 Å². The van der Waals surface area contributed by atoms with E-state index < -0.39 is 0 Å². The number of carbonyl (C=O) groups is 1. The van der Waals surface area contributed by atoms with E-state index in [0.29, 0.717) is 17.9 Å². The third-order valence-electron chi connectivity index (χ3n) is 3.08. The Balaban J connectivity index is 2.11. The lowest BCUT2D eigenvalue weighted by atomic mass is 10.00. The molecular formula is C13H11BrN4O. The molecule has 3 rings (SSSR count). The number of hydrogen-bond acceptors (Lipinski definition) is 4. The summed E-state index contributed by atoms with van der Waals surface area (Å²) < 4.78 is 0.842. The van der Waals surface area contributed by atoms with Gasteiger partial charge in [0.25, 0.3) is 5.91 Å². The summed E-state index contributed by atoms with van der Waals surface area (Å²) in [7, 11) is 0. The summed E-state index contributed by atoms with van der Waals surface area (Å²) in [4.78, 5) is 20.1. The average Bonchev–Trinajstić information content (AvgIpc) is 2.41. The van der Waals surface area contributed by atoms with Crippen LogP contribution < -0.4 is 11.1 Å². The highest BCUT2D eigenvalue weighted by molar-refractivity contribution is 9.10. The molecule has 5 nitrogen and oxygen atoms in total. The fourth-order valence-electron chi connectivity index (χ4n) is 2.12. The summed E-state index contributed by atoms with van der Waals surface area (Å²) in [5.41, 5.74) is 9.01. The van der Waals surface area contributed by atoms with E-state index in [-0.39, 0.29) is 5.91 Å². The fourth-order valence-corrected chi connectivity index (χ4v) is 2.45. The van der Waals surface area contributed by atoms with E-state index in [9.17, 15) is 4.79 Å². The second-order valence-electron chi connectivity index (χ2n) is 4.32. The number of hydrogen-bond donors (Lipinski definition) is 2. The summed E-state index contributed by atoms with van der Waals surface area (Å²) in [6.45, 7) is 0.654. The Labute approximate surface area is 118 Å². The maximum atomic E-state index is 11.7. The lowest BCUT2D eigenvalue weighted by Gasteiger charge is -2.16. The van der Waals surface area contributed by atoms with Crippen LogP contribution in [0.4, 0.5) is 5.82 Å². The van der Waals surface area contributed by atoms with Crippen LogP contribution in [0.25, 0.3) is 11.3 Å². The van der Waals surface area contributed by atoms with Crippen LogP contribution in [0.3, 0.4) is 0 Å². The highest BCUT2D eigenvalue weighted by atomic mass is 79.9. The molecule has 0 spiro atoms. The van der Waals surface area contributed by atoms with Gasteiger partial charge >= 0.3 is 0 Å². The summed E-state index contributed by atoms with van der Waals surface area (Å²) in [6.07, 6.45) is 4.04. The van der Waals surface area contributed by atoms with E-state index in [4.69, 9.17) is 5.73 Å². The van der Waals surface area contributed by atoms with Crippen LogP contribution in [0, 0.1) is 0 Å². The molecule has 0 aliphatic carbocycles. The highest BCUT2D eigenvalue weighted by Gasteiger charge is 2.18. The van der Waals surface area contributed by atoms with Gasteiger partial charge < -0.3 is 11.1 Å². The van der Waals surface area contributed by atoms with E-state index in [1.54, 1.807) is 12.4 Å². The second-order valence-corrected chi connectivity index (χ2v) is 5.23. The van der Waals surface area contributed by atoms with Gasteiger partial charge in [0.05, 0.1) is 11.3 Å². The molecule has 0 bridgehead atoms. The van der Waals surface area contributed by atoms with Crippen molar-refractivity contribution in [3.63, 3.8) is 0 Å². The van der Waals surface area contributed by atoms with Gasteiger partial charge in [0.15, 0.2) is 0 Å². The van der Waals surface area contributed by atoms with Crippen molar-refractivity contribution in [1.29, 1.82) is 0 Å². The minimum Gasteiger partial charge on any atom is -0.383 e. The first-order valence-corrected chi connectivity index (χ1v) is 6.63. The zero-order chi connectivity index (χ0) is 13.4. The third kappa shape index (κ3) is 2.19. The topological polar surface area (TPSA) is 80.9 Å². The Morgan fingerprint density at radius 1 is 1.21 bits per heavy atom. The molecule has 0 fully saturated rings. The van der Waals surface area contributed by atoms with E-state index in [1.807, 2.05) is 12.1 Å². The van der Waals surface area contributed by atoms with Gasteiger partial charge in [-0.2, -0.15) is 0 Å². The number of fused-ring (bicyclic) bond motifs is 1. The summed E-state index contributed by atoms with van der Waals surface area (Å²) >= 11 is 3.37. The van der Waals surface area contributed by atoms with Crippen molar-refractivity contribution in [1.82, 2.24) is 15.3 Å². The number of rotatable bonds is 1. The van der Waals surface area contributed by atoms with Crippen LogP contribution in [0.1, 0.15) is 15.9 Å². The summed E-state index contributed by atoms with van der Waals surface area (Å²) in [5, 5.41) is 2.79. The molecule has 0 saturated carbocycles. The van der Waals surface area contributed by atoms with Crippen LogP contribution in [-0.4, -0.2) is 22.4 Å². The molecule has 3 heterocycles. The number of aromatic nitrogens is 2. The summed E-state index contributed by atoms with van der Waals surface area (Å²) in [5.74, 6) is 0.358. The molecular weight excluding hydrogens is 308 g/mol. The van der Waals surface area contributed by atoms with Gasteiger partial charge in [-0.3, -0.25) is 9.78 Å². The van der Waals surface area contributed by atoms with Crippen molar-refractivity contribution in [2.24, 2.45) is 0 Å². The van der Waals surface area contributed by atoms with Gasteiger partial charge in [0.2, 0.25) is 0 Å². The van der Waals surface area contributed by atoms with Crippen LogP contribution in [0.2, 0.25) is 0 Å². The van der Waals surface area contributed by atoms with Crippen molar-refractivity contribution in [3.05, 3.63) is 40.1 Å². The van der Waals surface area contributed by atoms with Gasteiger partial charge in [-0.1, -0.05) is 0 Å². The molecule has 3 N–H and O–H groups in total. The van der Waals surface area contributed by atoms with E-state index in [1.165, 1.54) is 0 Å². The number of pyridine rings is 2. The fraction of sp³-hybridized carbons (Fsp3) is 0.154. The molecule has 1 aliphatic rings. The normalized spacial score (nSPS) is 13.8. The quantitative estimate of drug-likeness (QED) is 0.839. The lowest BCUT2D eigenvalue weighted by Crippen LogP contribution is -2.31. The number of nitrogens with zero attached hydrogens (tertiary/aromatic N) is 2. The Hall–Kier alpha value is -1.95. The Morgan fingerprint density at radius 2 is 2.05 bits per heavy atom. The van der Waals surface area contributed by atoms with E-state index in [2.05, 4.69) is 31.2 Å². The first-order chi connectivity index (χ1) is 9.15. The number of carbonyl (C=O) groups excluding carboxylic acids is 1. The molecule has 0 aromatic carbocycles. The molecule has 1 aliphatic heterocycles. The van der Waals surface area contributed by atoms with Gasteiger partial charge in [-0.15, -0.1) is 0 Å². The number of nitrogens with one attached hydrogen (secondary N) is 1. The van der Waals surface area contributed by atoms with Crippen molar-refractivity contribution >= 4 is 27.7 Å². The molecule has 2 aromatic rings. The predicted octanol–water partition coefficient (Wildman–Crippen LogP) is 1.77. The Bertz CT molecular complexity index is 672. The zero-order valence-electron chi connectivity index (χ0n) is 9.98. The Morgan fingerprint density at radius 3 is 2.89 bits per heavy atom. The molecule has 0 unspecified atom stereocenters. The van der Waals surface area contributed by atoms with Crippen LogP contribution in [0.5, 0.6) is 0 Å². The predicted molar refractivity (Wildman–Crippen MR) is 75.6 cm³/mol. The largest absolute Gasteiger partial charge is 0.383 e. The van der Waals surface area contributed by atoms with Gasteiger partial charge in [0, 0.05) is 29.0 Å². The minimum atomic E-state index is -0.0689. The van der Waals surface area contributed by atoms with Crippen molar-refractivity contribution in [2.45, 2.75) is 6.42 Å². The molecule has 0 atom stereocenters. The molecule has 6 heteroatoms. The third-order valence-corrected chi connectivity index (χ3v) is 3.51. The highest BCUT2D eigenvalue weighted by Crippen LogP contribution is 2.27. The molecule has 1 amide bonds. The average molecular weight is 319 g/mol. The van der Waals surface area contributed by atoms with Gasteiger partial charge in [-0.25, -0.2) is 4.98 Å². The molecule has 0 saturated heterocycles. The standard InChI is InChI=1S/C13H11BrN4O/c14-8-4-9(12(15)18-5-8)11-3-7-1-2-16-13(19)10(7)6-17-11/h3-6H,1-2H2,(H2,15,18)(H,16,19). The van der Waals surface area contributed by atoms with Crippen LogP contribution in [-0.2, 0) is 6.42 Å². The number of amides is 1. The van der Waals surface area contributed by atoms with Gasteiger partial charge in [-0.05, 0) is 40.0 Å². The van der Waals surface area contributed by atoms with Crippen molar-refractivity contribution in [2.75, 3.05) is 12.3 Å². The number of halogens is 1. The molecule has 96 valence electrons. The maximum Gasteiger partial charge on any atom is 0.253 e. The molecule has 0 radical (unpaired) electrons. The Kier molecular flexibility index (Phi) is 2.94. The summed E-state index contributed by atoms with van der Waals surface area (Å²) in [6, 6.07) is 3.79.